The van der Waals surface area contributed by atoms with E-state index in [4.69, 9.17) is 9.47 Å². The molecule has 0 saturated carbocycles. The molecule has 0 saturated heterocycles. The third-order valence-electron chi connectivity index (χ3n) is 7.16. The van der Waals surface area contributed by atoms with Crippen LogP contribution in [0, 0.1) is 7.14 Å². The number of methoxy groups -OCH3 is 2. The van der Waals surface area contributed by atoms with Gasteiger partial charge in [0.2, 0.25) is 11.8 Å². The van der Waals surface area contributed by atoms with Crippen molar-refractivity contribution in [3.8, 4) is 23.0 Å². The van der Waals surface area contributed by atoms with Crippen LogP contribution in [0.4, 0.5) is 0 Å². The van der Waals surface area contributed by atoms with Gasteiger partial charge >= 0.3 is 0 Å². The lowest BCUT2D eigenvalue weighted by Gasteiger charge is -2.10. The summed E-state index contributed by atoms with van der Waals surface area (Å²) in [6.45, 7) is 5.33. The number of nitrogens with one attached hydrogen (secondary N) is 2. The van der Waals surface area contributed by atoms with Crippen LogP contribution in [0.2, 0.25) is 0 Å². The van der Waals surface area contributed by atoms with Gasteiger partial charge in [-0.15, -0.1) is 0 Å². The minimum absolute atomic E-state index is 0.0818. The Morgan fingerprint density at radius 3 is 1.30 bits per heavy atom. The summed E-state index contributed by atoms with van der Waals surface area (Å²) in [5.41, 5.74) is 1.90. The van der Waals surface area contributed by atoms with Crippen molar-refractivity contribution in [1.29, 1.82) is 0 Å². The second-order valence-corrected chi connectivity index (χ2v) is 13.1. The first kappa shape index (κ1) is 40.1. The van der Waals surface area contributed by atoms with Gasteiger partial charge in [-0.25, -0.2) is 0 Å². The molecular weight excluding hydrogens is 786 g/mol. The highest BCUT2D eigenvalue weighted by Crippen LogP contribution is 2.31. The zero-order chi connectivity index (χ0) is 32.7. The Kier molecular flexibility index (Phi) is 22.1. The van der Waals surface area contributed by atoms with E-state index in [1.165, 1.54) is 65.6 Å². The number of phenols is 2. The number of rotatable bonds is 20. The quantitative estimate of drug-likeness (QED) is 0.0784. The number of hydrogen-bond donors (Lipinski definition) is 4. The topological polar surface area (TPSA) is 117 Å². The maximum absolute atomic E-state index is 11.8. The highest BCUT2D eigenvalue weighted by Gasteiger charge is 2.11. The molecule has 0 spiro atoms. The van der Waals surface area contributed by atoms with E-state index in [1.54, 1.807) is 24.3 Å². The number of halogens is 2. The van der Waals surface area contributed by atoms with Crippen molar-refractivity contribution in [2.24, 2.45) is 0 Å². The van der Waals surface area contributed by atoms with Crippen molar-refractivity contribution < 1.29 is 29.3 Å². The van der Waals surface area contributed by atoms with E-state index in [9.17, 15) is 19.8 Å². The molecular formula is C34H52I2N2O6. The molecule has 2 aromatic rings. The van der Waals surface area contributed by atoms with E-state index in [1.807, 2.05) is 0 Å². The summed E-state index contributed by atoms with van der Waals surface area (Å²) in [5, 5.41) is 25.2. The molecule has 0 atom stereocenters. The fourth-order valence-corrected chi connectivity index (χ4v) is 5.75. The summed E-state index contributed by atoms with van der Waals surface area (Å²) in [6, 6.07) is 6.83. The number of phenolic OH excluding ortho intramolecular Hbond substituents is 2. The van der Waals surface area contributed by atoms with Crippen molar-refractivity contribution in [2.45, 2.75) is 117 Å². The van der Waals surface area contributed by atoms with Gasteiger partial charge in [-0.1, -0.05) is 78.1 Å². The lowest BCUT2D eigenvalue weighted by Crippen LogP contribution is -2.22. The molecule has 2 amide bonds. The number of carbonyl (C=O) groups is 2. The van der Waals surface area contributed by atoms with Gasteiger partial charge in [0.25, 0.3) is 0 Å². The van der Waals surface area contributed by atoms with E-state index in [0.29, 0.717) is 37.4 Å². The lowest BCUT2D eigenvalue weighted by atomic mass is 10.1. The van der Waals surface area contributed by atoms with Crippen molar-refractivity contribution in [3.63, 3.8) is 0 Å². The fraction of sp³-hybridized carbons (Fsp3) is 0.588. The molecule has 248 valence electrons. The Morgan fingerprint density at radius 1 is 0.614 bits per heavy atom. The molecule has 0 radical (unpaired) electrons. The molecule has 0 bridgehead atoms. The molecule has 2 rings (SSSR count). The van der Waals surface area contributed by atoms with Crippen molar-refractivity contribution in [1.82, 2.24) is 10.6 Å². The molecule has 0 aliphatic carbocycles. The Bertz CT molecular complexity index is 1040. The van der Waals surface area contributed by atoms with Crippen molar-refractivity contribution >= 4 is 57.0 Å². The van der Waals surface area contributed by atoms with Gasteiger partial charge in [0.1, 0.15) is 0 Å². The molecule has 0 heterocycles. The van der Waals surface area contributed by atoms with Gasteiger partial charge < -0.3 is 30.3 Å². The van der Waals surface area contributed by atoms with Crippen LogP contribution < -0.4 is 20.1 Å². The van der Waals surface area contributed by atoms with Crippen LogP contribution in [0.3, 0.4) is 0 Å². The SMILES string of the molecule is CCCCCCCCC(=O)NCc1cc(OC)c(O)cc1I.CCCCCCCCC(=O)NCc1cc(OC)c(O)cc1I. The molecule has 44 heavy (non-hydrogen) atoms. The van der Waals surface area contributed by atoms with Gasteiger partial charge in [0, 0.05) is 33.1 Å². The van der Waals surface area contributed by atoms with E-state index in [-0.39, 0.29) is 23.3 Å². The minimum Gasteiger partial charge on any atom is -0.504 e. The Balaban J connectivity index is 0.000000440. The fourth-order valence-electron chi connectivity index (χ4n) is 4.46. The second-order valence-electron chi connectivity index (χ2n) is 10.8. The molecule has 0 aromatic heterocycles. The normalized spacial score (nSPS) is 10.5. The summed E-state index contributed by atoms with van der Waals surface area (Å²) in [7, 11) is 3.03. The summed E-state index contributed by atoms with van der Waals surface area (Å²) >= 11 is 4.29. The molecule has 0 aliphatic rings. The Labute approximate surface area is 291 Å². The highest BCUT2D eigenvalue weighted by molar-refractivity contribution is 14.1. The number of amides is 2. The average molecular weight is 839 g/mol. The van der Waals surface area contributed by atoms with E-state index >= 15 is 0 Å². The minimum atomic E-state index is 0.0818. The molecule has 10 heteroatoms. The van der Waals surface area contributed by atoms with Crippen molar-refractivity contribution in [3.05, 3.63) is 42.5 Å². The summed E-state index contributed by atoms with van der Waals surface area (Å²) in [6.07, 6.45) is 15.3. The number of unbranched alkanes of at least 4 members (excludes halogenated alkanes) is 10. The van der Waals surface area contributed by atoms with Crippen LogP contribution in [-0.2, 0) is 22.7 Å². The van der Waals surface area contributed by atoms with Crippen LogP contribution in [0.25, 0.3) is 0 Å². The first-order chi connectivity index (χ1) is 21.2. The Hall–Kier alpha value is -1.96. The van der Waals surface area contributed by atoms with Crippen LogP contribution >= 0.6 is 45.2 Å². The molecule has 8 nitrogen and oxygen atoms in total. The van der Waals surface area contributed by atoms with E-state index in [2.05, 4.69) is 69.7 Å². The van der Waals surface area contributed by atoms with Crippen LogP contribution in [0.1, 0.15) is 115 Å². The molecule has 0 aliphatic heterocycles. The van der Waals surface area contributed by atoms with E-state index in [0.717, 1.165) is 44.0 Å². The van der Waals surface area contributed by atoms with Gasteiger partial charge in [-0.2, -0.15) is 0 Å². The predicted molar refractivity (Wildman–Crippen MR) is 194 cm³/mol. The predicted octanol–water partition coefficient (Wildman–Crippen LogP) is 8.74. The van der Waals surface area contributed by atoms with Crippen LogP contribution in [0.15, 0.2) is 24.3 Å². The molecule has 4 N–H and O–H groups in total. The largest absolute Gasteiger partial charge is 0.504 e. The number of carbonyl (C=O) groups excluding carboxylic acids is 2. The van der Waals surface area contributed by atoms with Crippen LogP contribution in [0.5, 0.6) is 23.0 Å². The second kappa shape index (κ2) is 24.3. The lowest BCUT2D eigenvalue weighted by molar-refractivity contribution is -0.122. The number of hydrogen-bond acceptors (Lipinski definition) is 6. The monoisotopic (exact) mass is 838 g/mol. The molecule has 0 unspecified atom stereocenters. The molecule has 0 fully saturated rings. The third-order valence-corrected chi connectivity index (χ3v) is 9.17. The van der Waals surface area contributed by atoms with Gasteiger partial charge in [-0.05, 0) is 93.4 Å². The first-order valence-corrected chi connectivity index (χ1v) is 18.0. The van der Waals surface area contributed by atoms with Gasteiger partial charge in [-0.3, -0.25) is 9.59 Å². The average Bonchev–Trinajstić information content (AvgIpc) is 3.00. The number of ether oxygens (including phenoxy) is 2. The number of aromatic hydroxyl groups is 2. The smallest absolute Gasteiger partial charge is 0.220 e. The maximum Gasteiger partial charge on any atom is 0.220 e. The van der Waals surface area contributed by atoms with E-state index < -0.39 is 0 Å². The van der Waals surface area contributed by atoms with Crippen molar-refractivity contribution in [2.75, 3.05) is 14.2 Å². The zero-order valence-electron chi connectivity index (χ0n) is 26.9. The highest BCUT2D eigenvalue weighted by atomic mass is 127. The Morgan fingerprint density at radius 2 is 0.955 bits per heavy atom. The maximum atomic E-state index is 11.8. The molecule has 2 aromatic carbocycles. The van der Waals surface area contributed by atoms with Crippen LogP contribution in [-0.4, -0.2) is 36.2 Å². The standard InChI is InChI=1S/2C17H26INO3/c2*1-3-4-5-6-7-8-9-17(21)19-12-13-10-16(22-2)15(20)11-14(13)18/h2*10-11,20H,3-9,12H2,1-2H3,(H,19,21). The van der Waals surface area contributed by atoms with Gasteiger partial charge in [0.15, 0.2) is 23.0 Å². The zero-order valence-corrected chi connectivity index (χ0v) is 31.2. The summed E-state index contributed by atoms with van der Waals surface area (Å²) in [4.78, 5) is 23.7. The summed E-state index contributed by atoms with van der Waals surface area (Å²) < 4.78 is 12.0. The van der Waals surface area contributed by atoms with Gasteiger partial charge in [0.05, 0.1) is 14.2 Å². The summed E-state index contributed by atoms with van der Waals surface area (Å²) in [5.74, 6) is 1.26. The first-order valence-electron chi connectivity index (χ1n) is 15.8. The third kappa shape index (κ3) is 16.9. The number of benzene rings is 2.